The summed E-state index contributed by atoms with van der Waals surface area (Å²) in [4.78, 5) is 0. The molecule has 0 fully saturated rings. The van der Waals surface area contributed by atoms with Crippen molar-refractivity contribution in [2.45, 2.75) is 0 Å². The Morgan fingerprint density at radius 2 is 1.60 bits per heavy atom. The van der Waals surface area contributed by atoms with Crippen LogP contribution in [-0.2, 0) is 22.5 Å². The van der Waals surface area contributed by atoms with E-state index in [0.29, 0.717) is 0 Å². The van der Waals surface area contributed by atoms with Crippen LogP contribution in [0.3, 0.4) is 0 Å². The highest BCUT2D eigenvalue weighted by atomic mass is 31.4. The fourth-order valence-electron chi connectivity index (χ4n) is 0.335. The molecule has 0 aromatic carbocycles. The van der Waals surface area contributed by atoms with Gasteiger partial charge in [0.05, 0.1) is 7.11 Å². The monoisotopic (exact) mass is 184 g/mol. The Bertz CT molecular complexity index is 160. The van der Waals surface area contributed by atoms with Gasteiger partial charge in [-0.05, 0) is 0 Å². The van der Waals surface area contributed by atoms with Crippen molar-refractivity contribution in [2.24, 2.45) is 0 Å². The van der Waals surface area contributed by atoms with Gasteiger partial charge in [-0.25, -0.2) is 0 Å². The summed E-state index contributed by atoms with van der Waals surface area (Å²) in [5.74, 6) is 0. The highest BCUT2D eigenvalue weighted by molar-refractivity contribution is 7.83. The van der Waals surface area contributed by atoms with Crippen molar-refractivity contribution in [1.82, 2.24) is 0 Å². The minimum Gasteiger partial charge on any atom is -0.520 e. The van der Waals surface area contributed by atoms with Gasteiger partial charge in [0.2, 0.25) is 0 Å². The molecule has 0 aromatic heterocycles. The molecule has 0 saturated heterocycles. The minimum absolute atomic E-state index is 1.16. The molecule has 0 rings (SSSR count). The lowest BCUT2D eigenvalue weighted by molar-refractivity contribution is 0.273. The molecule has 10 heavy (non-hydrogen) atoms. The Hall–Kier alpha value is -0.0331. The van der Waals surface area contributed by atoms with E-state index < -0.39 is 15.7 Å². The van der Waals surface area contributed by atoms with Crippen LogP contribution in [0.25, 0.3) is 0 Å². The molecule has 0 unspecified atom stereocenters. The molecule has 60 valence electrons. The van der Waals surface area contributed by atoms with E-state index in [1.54, 1.807) is 0 Å². The highest BCUT2D eigenvalue weighted by Gasteiger charge is 2.37. The molecular weight excluding hydrogens is 175 g/mol. The zero-order valence-electron chi connectivity index (χ0n) is 5.99. The first-order valence-corrected chi connectivity index (χ1v) is 6.11. The van der Waals surface area contributed by atoms with Crippen molar-refractivity contribution < 1.29 is 22.5 Å². The zero-order chi connectivity index (χ0) is 8.20. The lowest BCUT2D eigenvalue weighted by Crippen LogP contribution is -2.07. The first-order valence-electron chi connectivity index (χ1n) is 2.40. The highest BCUT2D eigenvalue weighted by Crippen LogP contribution is 2.45. The SMILES string of the molecule is CO[Si](=O)P(=O)(OC)OC. The normalized spacial score (nSPS) is 11.1. The quantitative estimate of drug-likeness (QED) is 0.471. The van der Waals surface area contributed by atoms with E-state index in [1.807, 2.05) is 0 Å². The van der Waals surface area contributed by atoms with Crippen LogP contribution >= 0.6 is 7.14 Å². The van der Waals surface area contributed by atoms with Crippen molar-refractivity contribution >= 4 is 15.7 Å². The van der Waals surface area contributed by atoms with Crippen LogP contribution in [0.4, 0.5) is 0 Å². The molecule has 0 aliphatic rings. The molecular formula is C3H9O5PSi. The van der Waals surface area contributed by atoms with Crippen molar-refractivity contribution in [2.75, 3.05) is 21.3 Å². The average Bonchev–Trinajstić information content (AvgIpc) is 2.01. The van der Waals surface area contributed by atoms with Crippen LogP contribution in [-0.4, -0.2) is 29.9 Å². The summed E-state index contributed by atoms with van der Waals surface area (Å²) in [5.41, 5.74) is 0. The fraction of sp³-hybridized carbons (Fsp3) is 1.00. The maximum Gasteiger partial charge on any atom is 0.630 e. The minimum atomic E-state index is -3.45. The summed E-state index contributed by atoms with van der Waals surface area (Å²) in [6.45, 7) is 0. The molecule has 0 bridgehead atoms. The van der Waals surface area contributed by atoms with Gasteiger partial charge in [-0.3, -0.25) is 4.57 Å². The first-order chi connectivity index (χ1) is 4.60. The molecule has 0 N–H and O–H groups in total. The molecule has 0 spiro atoms. The Kier molecular flexibility index (Phi) is 3.96. The second-order valence-electron chi connectivity index (χ2n) is 1.33. The summed E-state index contributed by atoms with van der Waals surface area (Å²) >= 11 is 0. The third kappa shape index (κ3) is 1.98. The largest absolute Gasteiger partial charge is 0.630 e. The number of rotatable bonds is 4. The predicted molar refractivity (Wildman–Crippen MR) is 35.1 cm³/mol. The van der Waals surface area contributed by atoms with Crippen LogP contribution in [0.2, 0.25) is 0 Å². The van der Waals surface area contributed by atoms with E-state index >= 15 is 0 Å². The maximum absolute atomic E-state index is 11.0. The van der Waals surface area contributed by atoms with Gasteiger partial charge in [0, 0.05) is 14.2 Å². The zero-order valence-corrected chi connectivity index (χ0v) is 7.88. The lowest BCUT2D eigenvalue weighted by Gasteiger charge is -2.07. The number of hydrogen-bond acceptors (Lipinski definition) is 5. The van der Waals surface area contributed by atoms with Gasteiger partial charge >= 0.3 is 15.7 Å². The van der Waals surface area contributed by atoms with E-state index in [1.165, 1.54) is 7.11 Å². The van der Waals surface area contributed by atoms with Gasteiger partial charge in [0.25, 0.3) is 0 Å². The smallest absolute Gasteiger partial charge is 0.520 e. The van der Waals surface area contributed by atoms with Crippen molar-refractivity contribution in [1.29, 1.82) is 0 Å². The second kappa shape index (κ2) is 3.97. The van der Waals surface area contributed by atoms with Crippen molar-refractivity contribution in [3.8, 4) is 0 Å². The topological polar surface area (TPSA) is 61.8 Å². The van der Waals surface area contributed by atoms with E-state index in [-0.39, 0.29) is 0 Å². The summed E-state index contributed by atoms with van der Waals surface area (Å²) in [6, 6.07) is 0. The van der Waals surface area contributed by atoms with E-state index in [4.69, 9.17) is 0 Å². The van der Waals surface area contributed by atoms with Crippen LogP contribution in [0.15, 0.2) is 0 Å². The van der Waals surface area contributed by atoms with Crippen LogP contribution in [0.1, 0.15) is 0 Å². The van der Waals surface area contributed by atoms with E-state index in [9.17, 15) is 9.03 Å². The van der Waals surface area contributed by atoms with Crippen molar-refractivity contribution in [3.05, 3.63) is 0 Å². The molecule has 7 heteroatoms. The van der Waals surface area contributed by atoms with Gasteiger partial charge in [-0.15, -0.1) is 0 Å². The van der Waals surface area contributed by atoms with Crippen LogP contribution in [0.5, 0.6) is 0 Å². The van der Waals surface area contributed by atoms with Gasteiger partial charge in [-0.1, -0.05) is 0 Å². The maximum atomic E-state index is 11.0. The van der Waals surface area contributed by atoms with Gasteiger partial charge < -0.3 is 17.9 Å². The third-order valence-corrected chi connectivity index (χ3v) is 5.62. The molecule has 0 aliphatic carbocycles. The van der Waals surface area contributed by atoms with Gasteiger partial charge in [-0.2, -0.15) is 0 Å². The Labute approximate surface area is 60.5 Å². The summed E-state index contributed by atoms with van der Waals surface area (Å²) < 4.78 is 34.9. The Morgan fingerprint density at radius 3 is 1.70 bits per heavy atom. The van der Waals surface area contributed by atoms with Crippen molar-refractivity contribution in [3.63, 3.8) is 0 Å². The Balaban J connectivity index is 4.34. The summed E-state index contributed by atoms with van der Waals surface area (Å²) in [6.07, 6.45) is 0. The molecule has 0 aromatic rings. The second-order valence-corrected chi connectivity index (χ2v) is 6.74. The standard InChI is InChI=1S/C3H9O5PSi/c1-6-9(4,7-2)10(5)8-3/h1-3H3. The molecule has 0 aliphatic heterocycles. The van der Waals surface area contributed by atoms with E-state index in [0.717, 1.165) is 14.2 Å². The van der Waals surface area contributed by atoms with E-state index in [2.05, 4.69) is 13.5 Å². The molecule has 0 saturated carbocycles. The van der Waals surface area contributed by atoms with Crippen LogP contribution in [0, 0.1) is 0 Å². The molecule has 0 radical (unpaired) electrons. The Morgan fingerprint density at radius 1 is 1.20 bits per heavy atom. The fourth-order valence-corrected chi connectivity index (χ4v) is 2.57. The summed E-state index contributed by atoms with van der Waals surface area (Å²) in [7, 11) is -2.65. The average molecular weight is 184 g/mol. The number of hydrogen-bond donors (Lipinski definition) is 0. The molecule has 0 heterocycles. The molecule has 0 atom stereocenters. The van der Waals surface area contributed by atoms with Gasteiger partial charge in [0.15, 0.2) is 0 Å². The van der Waals surface area contributed by atoms with Gasteiger partial charge in [0.1, 0.15) is 0 Å². The van der Waals surface area contributed by atoms with Crippen LogP contribution < -0.4 is 0 Å². The lowest BCUT2D eigenvalue weighted by atomic mass is 11.8. The third-order valence-electron chi connectivity index (χ3n) is 0.879. The predicted octanol–water partition coefficient (Wildman–Crippen LogP) is 0.534. The molecule has 5 nitrogen and oxygen atoms in total. The molecule has 0 amide bonds. The summed E-state index contributed by atoms with van der Waals surface area (Å²) in [5, 5.41) is 0. The first kappa shape index (κ1) is 9.97.